The van der Waals surface area contributed by atoms with E-state index in [-0.39, 0.29) is 17.2 Å². The Kier molecular flexibility index (Phi) is 6.43. The maximum absolute atomic E-state index is 13.3. The number of thiophene rings is 1. The lowest BCUT2D eigenvalue weighted by Crippen LogP contribution is -2.27. The number of benzene rings is 1. The standard InChI is InChI=1S/C22H22N4O4S2/c1-3-11-25-21(28)18-16-9-4-5-10-17(16)32-20(18)24-22(25)31-13(2)19(27)23-14-7-6-8-15(12-14)26(29)30/h3,6-8,12-13H,1,4-5,9-11H2,2H3,(H,23,27). The highest BCUT2D eigenvalue weighted by atomic mass is 32.2. The molecule has 1 N–H and O–H groups in total. The van der Waals surface area contributed by atoms with E-state index in [0.29, 0.717) is 22.8 Å². The highest BCUT2D eigenvalue weighted by molar-refractivity contribution is 8.00. The average molecular weight is 471 g/mol. The number of hydrogen-bond acceptors (Lipinski definition) is 7. The molecular weight excluding hydrogens is 448 g/mol. The molecule has 1 aromatic carbocycles. The molecule has 1 unspecified atom stereocenters. The number of aryl methyl sites for hydroxylation is 2. The van der Waals surface area contributed by atoms with Gasteiger partial charge in [0.2, 0.25) is 5.91 Å². The Morgan fingerprint density at radius 1 is 1.44 bits per heavy atom. The molecule has 1 aliphatic rings. The number of carbonyl (C=O) groups excluding carboxylic acids is 1. The summed E-state index contributed by atoms with van der Waals surface area (Å²) in [5, 5.41) is 14.2. The van der Waals surface area contributed by atoms with Gasteiger partial charge in [0.1, 0.15) is 4.83 Å². The van der Waals surface area contributed by atoms with Crippen LogP contribution in [0.25, 0.3) is 10.2 Å². The van der Waals surface area contributed by atoms with Gasteiger partial charge in [-0.15, -0.1) is 17.9 Å². The fourth-order valence-corrected chi connectivity index (χ4v) is 5.97. The van der Waals surface area contributed by atoms with Crippen molar-refractivity contribution in [1.29, 1.82) is 0 Å². The molecule has 0 radical (unpaired) electrons. The van der Waals surface area contributed by atoms with Gasteiger partial charge in [-0.25, -0.2) is 4.98 Å². The van der Waals surface area contributed by atoms with Gasteiger partial charge in [-0.3, -0.25) is 24.3 Å². The van der Waals surface area contributed by atoms with Crippen molar-refractivity contribution in [3.8, 4) is 0 Å². The van der Waals surface area contributed by atoms with Gasteiger partial charge in [-0.05, 0) is 44.2 Å². The summed E-state index contributed by atoms with van der Waals surface area (Å²) in [5.41, 5.74) is 1.27. The summed E-state index contributed by atoms with van der Waals surface area (Å²) in [6.07, 6.45) is 5.71. The van der Waals surface area contributed by atoms with Crippen molar-refractivity contribution in [2.45, 2.75) is 49.6 Å². The van der Waals surface area contributed by atoms with E-state index in [9.17, 15) is 19.7 Å². The smallest absolute Gasteiger partial charge is 0.271 e. The average Bonchev–Trinajstić information content (AvgIpc) is 3.15. The number of anilines is 1. The van der Waals surface area contributed by atoms with Gasteiger partial charge in [0.15, 0.2) is 5.16 Å². The Bertz CT molecular complexity index is 1280. The SMILES string of the molecule is C=CCn1c(SC(C)C(=O)Nc2cccc([N+](=O)[O-])c2)nc2sc3c(c2c1=O)CCCC3. The van der Waals surface area contributed by atoms with Gasteiger partial charge >= 0.3 is 0 Å². The molecular formula is C22H22N4O4S2. The Labute approximate surface area is 192 Å². The van der Waals surface area contributed by atoms with Crippen molar-refractivity contribution in [3.05, 3.63) is 67.8 Å². The maximum Gasteiger partial charge on any atom is 0.271 e. The summed E-state index contributed by atoms with van der Waals surface area (Å²) in [7, 11) is 0. The lowest BCUT2D eigenvalue weighted by molar-refractivity contribution is -0.384. The largest absolute Gasteiger partial charge is 0.325 e. The van der Waals surface area contributed by atoms with Gasteiger partial charge in [-0.2, -0.15) is 0 Å². The fourth-order valence-electron chi connectivity index (χ4n) is 3.75. The number of aromatic nitrogens is 2. The molecule has 1 atom stereocenters. The van der Waals surface area contributed by atoms with Gasteiger partial charge < -0.3 is 5.32 Å². The van der Waals surface area contributed by atoms with Gasteiger partial charge in [0, 0.05) is 29.2 Å². The summed E-state index contributed by atoms with van der Waals surface area (Å²) < 4.78 is 1.57. The van der Waals surface area contributed by atoms with Crippen LogP contribution in [0, 0.1) is 10.1 Å². The highest BCUT2D eigenvalue weighted by Gasteiger charge is 2.24. The summed E-state index contributed by atoms with van der Waals surface area (Å²) in [6.45, 7) is 5.77. The molecule has 10 heteroatoms. The quantitative estimate of drug-likeness (QED) is 0.178. The van der Waals surface area contributed by atoms with Crippen molar-refractivity contribution in [2.75, 3.05) is 5.32 Å². The Morgan fingerprint density at radius 2 is 2.22 bits per heavy atom. The summed E-state index contributed by atoms with van der Waals surface area (Å²) in [6, 6.07) is 5.78. The van der Waals surface area contributed by atoms with Gasteiger partial charge in [0.05, 0.1) is 15.6 Å². The van der Waals surface area contributed by atoms with Crippen LogP contribution in [0.15, 0.2) is 46.9 Å². The highest BCUT2D eigenvalue weighted by Crippen LogP contribution is 2.35. The lowest BCUT2D eigenvalue weighted by atomic mass is 9.97. The summed E-state index contributed by atoms with van der Waals surface area (Å²) in [5.74, 6) is -0.333. The molecule has 32 heavy (non-hydrogen) atoms. The molecule has 0 saturated carbocycles. The van der Waals surface area contributed by atoms with Crippen LogP contribution in [-0.2, 0) is 24.2 Å². The minimum atomic E-state index is -0.579. The van der Waals surface area contributed by atoms with E-state index in [0.717, 1.165) is 36.1 Å². The van der Waals surface area contributed by atoms with E-state index in [1.54, 1.807) is 35.0 Å². The number of nitro benzene ring substituents is 1. The molecule has 0 fully saturated rings. The van der Waals surface area contributed by atoms with Crippen LogP contribution < -0.4 is 10.9 Å². The van der Waals surface area contributed by atoms with Gasteiger partial charge in [-0.1, -0.05) is 23.9 Å². The van der Waals surface area contributed by atoms with Crippen LogP contribution in [0.1, 0.15) is 30.2 Å². The Morgan fingerprint density at radius 3 is 2.97 bits per heavy atom. The number of rotatable bonds is 7. The number of thioether (sulfide) groups is 1. The first-order valence-electron chi connectivity index (χ1n) is 10.3. The topological polar surface area (TPSA) is 107 Å². The van der Waals surface area contributed by atoms with E-state index < -0.39 is 10.2 Å². The van der Waals surface area contributed by atoms with Crippen molar-refractivity contribution in [2.24, 2.45) is 0 Å². The van der Waals surface area contributed by atoms with Crippen molar-refractivity contribution >= 4 is 50.6 Å². The molecule has 0 saturated heterocycles. The number of fused-ring (bicyclic) bond motifs is 3. The second kappa shape index (κ2) is 9.25. The second-order valence-corrected chi connectivity index (χ2v) is 9.94. The number of non-ortho nitro benzene ring substituents is 1. The predicted molar refractivity (Wildman–Crippen MR) is 128 cm³/mol. The molecule has 2 heterocycles. The van der Waals surface area contributed by atoms with E-state index in [4.69, 9.17) is 4.98 Å². The van der Waals surface area contributed by atoms with Crippen LogP contribution in [0.5, 0.6) is 0 Å². The van der Waals surface area contributed by atoms with Gasteiger partial charge in [0.25, 0.3) is 11.2 Å². The first-order valence-corrected chi connectivity index (χ1v) is 12.0. The van der Waals surface area contributed by atoms with E-state index in [1.165, 1.54) is 34.8 Å². The van der Waals surface area contributed by atoms with Crippen LogP contribution in [0.3, 0.4) is 0 Å². The Hall–Kier alpha value is -2.98. The zero-order valence-electron chi connectivity index (χ0n) is 17.5. The number of amides is 1. The normalized spacial score (nSPS) is 14.0. The molecule has 4 rings (SSSR count). The first kappa shape index (κ1) is 22.2. The molecule has 2 aromatic heterocycles. The van der Waals surface area contributed by atoms with Crippen molar-refractivity contribution in [1.82, 2.24) is 9.55 Å². The third-order valence-electron chi connectivity index (χ3n) is 5.33. The molecule has 1 aliphatic carbocycles. The summed E-state index contributed by atoms with van der Waals surface area (Å²) >= 11 is 2.76. The van der Waals surface area contributed by atoms with Crippen molar-refractivity contribution in [3.63, 3.8) is 0 Å². The molecule has 166 valence electrons. The third-order valence-corrected chi connectivity index (χ3v) is 7.60. The molecule has 0 aliphatic heterocycles. The Balaban J connectivity index is 1.62. The second-order valence-electron chi connectivity index (χ2n) is 7.55. The summed E-state index contributed by atoms with van der Waals surface area (Å²) in [4.78, 5) is 43.2. The first-order chi connectivity index (χ1) is 15.4. The fraction of sp³-hybridized carbons (Fsp3) is 0.318. The number of allylic oxidation sites excluding steroid dienone is 1. The predicted octanol–water partition coefficient (Wildman–Crippen LogP) is 4.55. The van der Waals surface area contributed by atoms with E-state index in [2.05, 4.69) is 11.9 Å². The lowest BCUT2D eigenvalue weighted by Gasteiger charge is -2.15. The molecule has 0 bridgehead atoms. The number of nitrogens with one attached hydrogen (secondary N) is 1. The number of nitro groups is 1. The molecule has 0 spiro atoms. The minimum Gasteiger partial charge on any atom is -0.325 e. The van der Waals surface area contributed by atoms with Crippen LogP contribution in [0.4, 0.5) is 11.4 Å². The maximum atomic E-state index is 13.3. The minimum absolute atomic E-state index is 0.0944. The molecule has 8 nitrogen and oxygen atoms in total. The number of carbonyl (C=O) groups is 1. The number of nitrogens with zero attached hydrogens (tertiary/aromatic N) is 3. The van der Waals surface area contributed by atoms with E-state index >= 15 is 0 Å². The van der Waals surface area contributed by atoms with Crippen LogP contribution in [0.2, 0.25) is 0 Å². The van der Waals surface area contributed by atoms with E-state index in [1.807, 2.05) is 0 Å². The molecule has 3 aromatic rings. The third kappa shape index (κ3) is 4.33. The molecule has 1 amide bonds. The zero-order valence-corrected chi connectivity index (χ0v) is 19.1. The monoisotopic (exact) mass is 470 g/mol. The number of hydrogen-bond donors (Lipinski definition) is 1. The van der Waals surface area contributed by atoms with Crippen molar-refractivity contribution < 1.29 is 9.72 Å². The zero-order chi connectivity index (χ0) is 22.8. The van der Waals surface area contributed by atoms with Crippen LogP contribution in [-0.4, -0.2) is 25.6 Å². The van der Waals surface area contributed by atoms with Crippen LogP contribution >= 0.6 is 23.1 Å².